The van der Waals surface area contributed by atoms with Crippen LogP contribution in [0.25, 0.3) is 0 Å². The second-order valence-corrected chi connectivity index (χ2v) is 6.60. The maximum absolute atomic E-state index is 10.9. The fraction of sp³-hybridized carbons (Fsp3) is 0.600. The average Bonchev–Trinajstić information content (AvgIpc) is 2.38. The van der Waals surface area contributed by atoms with Gasteiger partial charge in [0, 0.05) is 0 Å². The summed E-state index contributed by atoms with van der Waals surface area (Å²) in [7, 11) is -4.13. The Morgan fingerprint density at radius 2 is 1.65 bits per heavy atom. The zero-order valence-corrected chi connectivity index (χ0v) is 12.8. The molecule has 0 spiro atoms. The smallest absolute Gasteiger partial charge is 0.294 e. The lowest BCUT2D eigenvalue weighted by molar-refractivity contribution is 0.161. The van der Waals surface area contributed by atoms with E-state index in [1.54, 1.807) is 12.1 Å². The summed E-state index contributed by atoms with van der Waals surface area (Å²) >= 11 is 0. The van der Waals surface area contributed by atoms with Gasteiger partial charge in [-0.1, -0.05) is 51.2 Å². The minimum Gasteiger partial charge on any atom is -0.393 e. The fourth-order valence-corrected chi connectivity index (χ4v) is 2.64. The number of benzene rings is 1. The van der Waals surface area contributed by atoms with E-state index in [4.69, 9.17) is 4.55 Å². The van der Waals surface area contributed by atoms with Crippen molar-refractivity contribution in [1.29, 1.82) is 0 Å². The van der Waals surface area contributed by atoms with E-state index in [0.717, 1.165) is 24.8 Å². The van der Waals surface area contributed by atoms with Gasteiger partial charge in [-0.3, -0.25) is 4.55 Å². The molecule has 1 aromatic carbocycles. The van der Waals surface area contributed by atoms with Gasteiger partial charge in [-0.2, -0.15) is 8.42 Å². The third-order valence-corrected chi connectivity index (χ3v) is 4.20. The van der Waals surface area contributed by atoms with Crippen LogP contribution in [0.3, 0.4) is 0 Å². The molecule has 0 bridgehead atoms. The standard InChI is InChI=1S/C15H24O4S/c1-2-3-4-5-6-7-14(16)12-13-8-10-15(11-9-13)20(17,18)19/h8-11,14,16H,2-7,12H2,1H3,(H,17,18,19). The first kappa shape index (κ1) is 17.1. The normalized spacial score (nSPS) is 13.3. The Morgan fingerprint density at radius 1 is 1.05 bits per heavy atom. The minimum atomic E-state index is -4.13. The average molecular weight is 300 g/mol. The molecule has 0 fully saturated rings. The van der Waals surface area contributed by atoms with Gasteiger partial charge in [-0.25, -0.2) is 0 Å². The summed E-state index contributed by atoms with van der Waals surface area (Å²) in [6, 6.07) is 5.98. The van der Waals surface area contributed by atoms with Crippen LogP contribution in [-0.4, -0.2) is 24.2 Å². The van der Waals surface area contributed by atoms with Crippen LogP contribution >= 0.6 is 0 Å². The van der Waals surface area contributed by atoms with Crippen molar-refractivity contribution in [3.05, 3.63) is 29.8 Å². The van der Waals surface area contributed by atoms with E-state index in [0.29, 0.717) is 6.42 Å². The first-order chi connectivity index (χ1) is 9.43. The summed E-state index contributed by atoms with van der Waals surface area (Å²) in [6.07, 6.45) is 6.72. The SMILES string of the molecule is CCCCCCCC(O)Cc1ccc(S(=O)(=O)O)cc1. The van der Waals surface area contributed by atoms with Gasteiger partial charge >= 0.3 is 0 Å². The molecule has 0 heterocycles. The number of rotatable bonds is 9. The molecule has 5 heteroatoms. The largest absolute Gasteiger partial charge is 0.393 e. The Hall–Kier alpha value is -0.910. The molecule has 0 saturated heterocycles. The lowest BCUT2D eigenvalue weighted by Gasteiger charge is -2.10. The predicted octanol–water partition coefficient (Wildman–Crippen LogP) is 3.20. The summed E-state index contributed by atoms with van der Waals surface area (Å²) in [6.45, 7) is 2.17. The van der Waals surface area contributed by atoms with Crippen LogP contribution in [0.2, 0.25) is 0 Å². The first-order valence-electron chi connectivity index (χ1n) is 7.18. The Balaban J connectivity index is 2.37. The van der Waals surface area contributed by atoms with Crippen molar-refractivity contribution in [3.63, 3.8) is 0 Å². The van der Waals surface area contributed by atoms with Gasteiger partial charge in [-0.05, 0) is 30.5 Å². The van der Waals surface area contributed by atoms with E-state index < -0.39 is 16.2 Å². The van der Waals surface area contributed by atoms with Crippen LogP contribution in [-0.2, 0) is 16.5 Å². The minimum absolute atomic E-state index is 0.115. The van der Waals surface area contributed by atoms with Gasteiger partial charge < -0.3 is 5.11 Å². The molecular formula is C15H24O4S. The first-order valence-corrected chi connectivity index (χ1v) is 8.62. The van der Waals surface area contributed by atoms with Crippen LogP contribution in [0.4, 0.5) is 0 Å². The third kappa shape index (κ3) is 6.50. The zero-order chi connectivity index (χ0) is 15.0. The Labute approximate surface area is 121 Å². The topological polar surface area (TPSA) is 74.6 Å². The van der Waals surface area contributed by atoms with Crippen LogP contribution in [0.15, 0.2) is 29.2 Å². The van der Waals surface area contributed by atoms with Gasteiger partial charge in [0.15, 0.2) is 0 Å². The Kier molecular flexibility index (Phi) is 7.19. The summed E-state index contributed by atoms with van der Waals surface area (Å²) < 4.78 is 30.7. The van der Waals surface area contributed by atoms with Crippen molar-refractivity contribution in [2.75, 3.05) is 0 Å². The van der Waals surface area contributed by atoms with E-state index in [1.807, 2.05) is 0 Å². The molecule has 2 N–H and O–H groups in total. The monoisotopic (exact) mass is 300 g/mol. The zero-order valence-electron chi connectivity index (χ0n) is 12.0. The molecule has 0 aliphatic carbocycles. The lowest BCUT2D eigenvalue weighted by Crippen LogP contribution is -2.10. The molecule has 1 atom stereocenters. The number of hydrogen-bond acceptors (Lipinski definition) is 3. The number of unbranched alkanes of at least 4 members (excludes halogenated alkanes) is 4. The Morgan fingerprint density at radius 3 is 2.20 bits per heavy atom. The second kappa shape index (κ2) is 8.39. The molecule has 20 heavy (non-hydrogen) atoms. The van der Waals surface area contributed by atoms with Gasteiger partial charge in [0.1, 0.15) is 0 Å². The molecular weight excluding hydrogens is 276 g/mol. The van der Waals surface area contributed by atoms with E-state index in [-0.39, 0.29) is 4.90 Å². The van der Waals surface area contributed by atoms with Crippen LogP contribution in [0, 0.1) is 0 Å². The molecule has 1 aromatic rings. The highest BCUT2D eigenvalue weighted by Crippen LogP contribution is 2.14. The molecule has 0 aliphatic heterocycles. The van der Waals surface area contributed by atoms with Crippen molar-refractivity contribution >= 4 is 10.1 Å². The fourth-order valence-electron chi connectivity index (χ4n) is 2.16. The molecule has 0 saturated carbocycles. The maximum Gasteiger partial charge on any atom is 0.294 e. The third-order valence-electron chi connectivity index (χ3n) is 3.33. The molecule has 0 radical (unpaired) electrons. The van der Waals surface area contributed by atoms with Crippen molar-refractivity contribution in [2.24, 2.45) is 0 Å². The van der Waals surface area contributed by atoms with Gasteiger partial charge in [0.2, 0.25) is 0 Å². The quantitative estimate of drug-likeness (QED) is 0.542. The molecule has 0 aliphatic rings. The van der Waals surface area contributed by atoms with E-state index in [1.165, 1.54) is 31.4 Å². The van der Waals surface area contributed by atoms with Crippen molar-refractivity contribution < 1.29 is 18.1 Å². The predicted molar refractivity (Wildman–Crippen MR) is 79.3 cm³/mol. The van der Waals surface area contributed by atoms with Crippen LogP contribution in [0.5, 0.6) is 0 Å². The highest BCUT2D eigenvalue weighted by Gasteiger charge is 2.10. The van der Waals surface area contributed by atoms with Gasteiger partial charge in [0.05, 0.1) is 11.0 Å². The van der Waals surface area contributed by atoms with Crippen LogP contribution < -0.4 is 0 Å². The summed E-state index contributed by atoms with van der Waals surface area (Å²) in [5.74, 6) is 0. The number of hydrogen-bond donors (Lipinski definition) is 2. The molecule has 1 unspecified atom stereocenters. The number of aliphatic hydroxyl groups excluding tert-OH is 1. The molecule has 1 rings (SSSR count). The van der Waals surface area contributed by atoms with Gasteiger partial charge in [0.25, 0.3) is 10.1 Å². The summed E-state index contributed by atoms with van der Waals surface area (Å²) in [5, 5.41) is 9.92. The molecule has 4 nitrogen and oxygen atoms in total. The Bertz CT molecular complexity index is 479. The molecule has 114 valence electrons. The van der Waals surface area contributed by atoms with E-state index in [9.17, 15) is 13.5 Å². The van der Waals surface area contributed by atoms with Crippen molar-refractivity contribution in [3.8, 4) is 0 Å². The highest BCUT2D eigenvalue weighted by atomic mass is 32.2. The second-order valence-electron chi connectivity index (χ2n) is 5.18. The van der Waals surface area contributed by atoms with E-state index >= 15 is 0 Å². The van der Waals surface area contributed by atoms with Crippen molar-refractivity contribution in [2.45, 2.75) is 62.9 Å². The number of aliphatic hydroxyl groups is 1. The maximum atomic E-state index is 10.9. The van der Waals surface area contributed by atoms with E-state index in [2.05, 4.69) is 6.92 Å². The van der Waals surface area contributed by atoms with Gasteiger partial charge in [-0.15, -0.1) is 0 Å². The highest BCUT2D eigenvalue weighted by molar-refractivity contribution is 7.85. The summed E-state index contributed by atoms with van der Waals surface area (Å²) in [4.78, 5) is -0.115. The summed E-state index contributed by atoms with van der Waals surface area (Å²) in [5.41, 5.74) is 0.874. The molecule has 0 aromatic heterocycles. The molecule has 0 amide bonds. The van der Waals surface area contributed by atoms with Crippen molar-refractivity contribution in [1.82, 2.24) is 0 Å². The van der Waals surface area contributed by atoms with Crippen LogP contribution in [0.1, 0.15) is 51.0 Å². The lowest BCUT2D eigenvalue weighted by atomic mass is 10.0.